The van der Waals surface area contributed by atoms with Gasteiger partial charge in [0, 0.05) is 28.9 Å². The Bertz CT molecular complexity index is 574. The minimum atomic E-state index is 0.451. The molecule has 0 amide bonds. The number of rotatable bonds is 4. The first kappa shape index (κ1) is 13.9. The monoisotopic (exact) mass is 311 g/mol. The molecule has 20 heavy (non-hydrogen) atoms. The SMILES string of the molecule is Clc1cccc(Cl)c1Cc1noc(CC2CCCN2)n1. The molecule has 1 aromatic carbocycles. The third kappa shape index (κ3) is 3.14. The fraction of sp³-hybridized carbons (Fsp3) is 0.429. The third-order valence-corrected chi connectivity index (χ3v) is 4.20. The number of halogens is 2. The fourth-order valence-electron chi connectivity index (χ4n) is 2.45. The molecule has 1 aliphatic heterocycles. The van der Waals surface area contributed by atoms with Gasteiger partial charge in [-0.2, -0.15) is 4.98 Å². The van der Waals surface area contributed by atoms with Crippen molar-refractivity contribution in [3.63, 3.8) is 0 Å². The van der Waals surface area contributed by atoms with Gasteiger partial charge < -0.3 is 9.84 Å². The van der Waals surface area contributed by atoms with E-state index in [1.165, 1.54) is 6.42 Å². The first-order valence-electron chi connectivity index (χ1n) is 6.70. The first-order chi connectivity index (χ1) is 9.72. The van der Waals surface area contributed by atoms with Crippen LogP contribution in [0.25, 0.3) is 0 Å². The molecule has 1 unspecified atom stereocenters. The van der Waals surface area contributed by atoms with Crippen molar-refractivity contribution in [1.82, 2.24) is 15.5 Å². The largest absolute Gasteiger partial charge is 0.339 e. The van der Waals surface area contributed by atoms with Gasteiger partial charge in [0.15, 0.2) is 5.82 Å². The summed E-state index contributed by atoms with van der Waals surface area (Å²) in [6.45, 7) is 1.07. The lowest BCUT2D eigenvalue weighted by molar-refractivity contribution is 0.360. The predicted molar refractivity (Wildman–Crippen MR) is 78.3 cm³/mol. The normalized spacial score (nSPS) is 18.6. The van der Waals surface area contributed by atoms with Gasteiger partial charge in [0.2, 0.25) is 5.89 Å². The summed E-state index contributed by atoms with van der Waals surface area (Å²) in [5.74, 6) is 1.29. The molecule has 0 saturated carbocycles. The Morgan fingerprint density at radius 3 is 2.80 bits per heavy atom. The molecule has 106 valence electrons. The lowest BCUT2D eigenvalue weighted by Crippen LogP contribution is -2.23. The van der Waals surface area contributed by atoms with Gasteiger partial charge in [-0.1, -0.05) is 34.4 Å². The summed E-state index contributed by atoms with van der Waals surface area (Å²) < 4.78 is 5.29. The maximum absolute atomic E-state index is 6.14. The molecule has 3 rings (SSSR count). The van der Waals surface area contributed by atoms with Crippen LogP contribution in [0, 0.1) is 0 Å². The second-order valence-corrected chi connectivity index (χ2v) is 5.79. The summed E-state index contributed by atoms with van der Waals surface area (Å²) in [5, 5.41) is 8.67. The first-order valence-corrected chi connectivity index (χ1v) is 7.45. The molecule has 2 heterocycles. The van der Waals surface area contributed by atoms with Crippen molar-refractivity contribution in [1.29, 1.82) is 0 Å². The van der Waals surface area contributed by atoms with E-state index in [-0.39, 0.29) is 0 Å². The average molecular weight is 312 g/mol. The van der Waals surface area contributed by atoms with Crippen LogP contribution in [0.2, 0.25) is 10.0 Å². The Balaban J connectivity index is 1.70. The van der Waals surface area contributed by atoms with Crippen LogP contribution in [-0.2, 0) is 12.8 Å². The summed E-state index contributed by atoms with van der Waals surface area (Å²) >= 11 is 12.3. The Morgan fingerprint density at radius 1 is 1.30 bits per heavy atom. The maximum Gasteiger partial charge on any atom is 0.228 e. The van der Waals surface area contributed by atoms with Crippen LogP contribution >= 0.6 is 23.2 Å². The molecule has 1 aromatic heterocycles. The highest BCUT2D eigenvalue weighted by Gasteiger charge is 2.18. The molecule has 1 aliphatic rings. The number of nitrogens with one attached hydrogen (secondary N) is 1. The molecule has 0 bridgehead atoms. The second kappa shape index (κ2) is 6.12. The summed E-state index contributed by atoms with van der Waals surface area (Å²) in [4.78, 5) is 4.42. The van der Waals surface area contributed by atoms with Crippen LogP contribution in [0.3, 0.4) is 0 Å². The van der Waals surface area contributed by atoms with Crippen LogP contribution in [0.1, 0.15) is 30.1 Å². The van der Waals surface area contributed by atoms with Crippen molar-refractivity contribution in [3.05, 3.63) is 45.5 Å². The number of hydrogen-bond acceptors (Lipinski definition) is 4. The van der Waals surface area contributed by atoms with E-state index in [1.54, 1.807) is 0 Å². The van der Waals surface area contributed by atoms with Crippen molar-refractivity contribution < 1.29 is 4.52 Å². The highest BCUT2D eigenvalue weighted by Crippen LogP contribution is 2.26. The lowest BCUT2D eigenvalue weighted by Gasteiger charge is -2.05. The summed E-state index contributed by atoms with van der Waals surface area (Å²) in [6, 6.07) is 5.90. The van der Waals surface area contributed by atoms with Crippen LogP contribution in [-0.4, -0.2) is 22.7 Å². The smallest absolute Gasteiger partial charge is 0.228 e. The quantitative estimate of drug-likeness (QED) is 0.941. The van der Waals surface area contributed by atoms with E-state index in [0.717, 1.165) is 24.9 Å². The molecule has 1 atom stereocenters. The van der Waals surface area contributed by atoms with E-state index in [0.29, 0.717) is 34.2 Å². The summed E-state index contributed by atoms with van der Waals surface area (Å²) in [6.07, 6.45) is 3.64. The Hall–Kier alpha value is -1.10. The zero-order valence-electron chi connectivity index (χ0n) is 10.9. The molecule has 4 nitrogen and oxygen atoms in total. The zero-order valence-corrected chi connectivity index (χ0v) is 12.4. The van der Waals surface area contributed by atoms with Crippen LogP contribution in [0.5, 0.6) is 0 Å². The van der Waals surface area contributed by atoms with Crippen LogP contribution in [0.15, 0.2) is 22.7 Å². The molecule has 0 aliphatic carbocycles. The Labute approximate surface area is 127 Å². The van der Waals surface area contributed by atoms with Crippen LogP contribution in [0.4, 0.5) is 0 Å². The zero-order chi connectivity index (χ0) is 13.9. The number of nitrogens with zero attached hydrogens (tertiary/aromatic N) is 2. The maximum atomic E-state index is 6.14. The topological polar surface area (TPSA) is 51.0 Å². The van der Waals surface area contributed by atoms with Gasteiger partial charge in [-0.3, -0.25) is 0 Å². The van der Waals surface area contributed by atoms with Crippen molar-refractivity contribution in [2.24, 2.45) is 0 Å². The molecular formula is C14H15Cl2N3O. The van der Waals surface area contributed by atoms with Gasteiger partial charge in [-0.25, -0.2) is 0 Å². The van der Waals surface area contributed by atoms with E-state index in [4.69, 9.17) is 27.7 Å². The molecule has 6 heteroatoms. The highest BCUT2D eigenvalue weighted by atomic mass is 35.5. The van der Waals surface area contributed by atoms with E-state index < -0.39 is 0 Å². The lowest BCUT2D eigenvalue weighted by atomic mass is 10.1. The van der Waals surface area contributed by atoms with Crippen molar-refractivity contribution >= 4 is 23.2 Å². The standard InChI is InChI=1S/C14H15Cl2N3O/c15-11-4-1-5-12(16)10(11)8-13-18-14(20-19-13)7-9-3-2-6-17-9/h1,4-5,9,17H,2-3,6-8H2. The van der Waals surface area contributed by atoms with Crippen LogP contribution < -0.4 is 5.32 Å². The molecule has 0 spiro atoms. The molecule has 1 N–H and O–H groups in total. The Kier molecular flexibility index (Phi) is 4.24. The molecule has 2 aromatic rings. The molecule has 0 radical (unpaired) electrons. The highest BCUT2D eigenvalue weighted by molar-refractivity contribution is 6.36. The van der Waals surface area contributed by atoms with Gasteiger partial charge >= 0.3 is 0 Å². The molecular weight excluding hydrogens is 297 g/mol. The summed E-state index contributed by atoms with van der Waals surface area (Å²) in [7, 11) is 0. The van der Waals surface area contributed by atoms with E-state index in [1.807, 2.05) is 18.2 Å². The summed E-state index contributed by atoms with van der Waals surface area (Å²) in [5.41, 5.74) is 0.835. The van der Waals surface area contributed by atoms with E-state index >= 15 is 0 Å². The van der Waals surface area contributed by atoms with Gasteiger partial charge in [0.1, 0.15) is 0 Å². The fourth-order valence-corrected chi connectivity index (χ4v) is 2.98. The van der Waals surface area contributed by atoms with E-state index in [9.17, 15) is 0 Å². The predicted octanol–water partition coefficient (Wildman–Crippen LogP) is 3.26. The molecule has 1 fully saturated rings. The van der Waals surface area contributed by atoms with Gasteiger partial charge in [0.05, 0.1) is 0 Å². The van der Waals surface area contributed by atoms with Crippen molar-refractivity contribution in [2.45, 2.75) is 31.7 Å². The van der Waals surface area contributed by atoms with Gasteiger partial charge in [-0.15, -0.1) is 0 Å². The van der Waals surface area contributed by atoms with Crippen molar-refractivity contribution in [3.8, 4) is 0 Å². The third-order valence-electron chi connectivity index (χ3n) is 3.49. The van der Waals surface area contributed by atoms with Gasteiger partial charge in [-0.05, 0) is 37.1 Å². The average Bonchev–Trinajstić information content (AvgIpc) is 3.07. The number of hydrogen-bond donors (Lipinski definition) is 1. The number of benzene rings is 1. The Morgan fingerprint density at radius 2 is 2.10 bits per heavy atom. The van der Waals surface area contributed by atoms with Gasteiger partial charge in [0.25, 0.3) is 0 Å². The van der Waals surface area contributed by atoms with E-state index in [2.05, 4.69) is 15.5 Å². The van der Waals surface area contributed by atoms with Crippen molar-refractivity contribution in [2.75, 3.05) is 6.54 Å². The minimum Gasteiger partial charge on any atom is -0.339 e. The second-order valence-electron chi connectivity index (χ2n) is 4.98. The number of aromatic nitrogens is 2. The molecule has 1 saturated heterocycles. The minimum absolute atomic E-state index is 0.451.